The largest absolute Gasteiger partial charge is 0.392 e. The molecule has 1 fully saturated rings. The SMILES string of the molecule is OC(CCl)C1CCCCCC1. The molecule has 1 atom stereocenters. The molecule has 1 rings (SSSR count). The van der Waals surface area contributed by atoms with Crippen molar-refractivity contribution in [1.82, 2.24) is 0 Å². The zero-order valence-electron chi connectivity index (χ0n) is 6.93. The quantitative estimate of drug-likeness (QED) is 0.507. The highest BCUT2D eigenvalue weighted by atomic mass is 35.5. The van der Waals surface area contributed by atoms with Gasteiger partial charge in [-0.25, -0.2) is 0 Å². The Hall–Kier alpha value is 0.250. The summed E-state index contributed by atoms with van der Waals surface area (Å²) in [4.78, 5) is 0. The fourth-order valence-electron chi connectivity index (χ4n) is 1.82. The first-order chi connectivity index (χ1) is 5.34. The molecule has 66 valence electrons. The van der Waals surface area contributed by atoms with E-state index in [4.69, 9.17) is 11.6 Å². The van der Waals surface area contributed by atoms with E-state index < -0.39 is 0 Å². The summed E-state index contributed by atoms with van der Waals surface area (Å²) in [7, 11) is 0. The number of alkyl halides is 1. The van der Waals surface area contributed by atoms with Crippen LogP contribution in [0.3, 0.4) is 0 Å². The van der Waals surface area contributed by atoms with Crippen molar-refractivity contribution in [3.8, 4) is 0 Å². The second kappa shape index (κ2) is 5.00. The van der Waals surface area contributed by atoms with E-state index in [9.17, 15) is 5.11 Å². The number of halogens is 1. The molecule has 1 aliphatic carbocycles. The minimum Gasteiger partial charge on any atom is -0.392 e. The summed E-state index contributed by atoms with van der Waals surface area (Å²) in [6.07, 6.45) is 7.32. The van der Waals surface area contributed by atoms with Crippen LogP contribution in [0, 0.1) is 5.92 Å². The second-order valence-electron chi connectivity index (χ2n) is 3.47. The van der Waals surface area contributed by atoms with Crippen molar-refractivity contribution >= 4 is 11.6 Å². The minimum atomic E-state index is -0.255. The minimum absolute atomic E-state index is 0.255. The molecule has 1 unspecified atom stereocenters. The first kappa shape index (κ1) is 9.34. The Balaban J connectivity index is 2.30. The van der Waals surface area contributed by atoms with Crippen LogP contribution in [0.4, 0.5) is 0 Å². The van der Waals surface area contributed by atoms with Gasteiger partial charge >= 0.3 is 0 Å². The Morgan fingerprint density at radius 1 is 1.18 bits per heavy atom. The van der Waals surface area contributed by atoms with Crippen molar-refractivity contribution in [2.45, 2.75) is 44.6 Å². The Morgan fingerprint density at radius 2 is 1.73 bits per heavy atom. The first-order valence-electron chi connectivity index (χ1n) is 4.58. The van der Waals surface area contributed by atoms with E-state index in [1.807, 2.05) is 0 Å². The molecule has 1 aliphatic rings. The van der Waals surface area contributed by atoms with Crippen LogP contribution in [0.1, 0.15) is 38.5 Å². The van der Waals surface area contributed by atoms with Crippen LogP contribution in [0.5, 0.6) is 0 Å². The van der Waals surface area contributed by atoms with E-state index in [2.05, 4.69) is 0 Å². The Kier molecular flexibility index (Phi) is 4.24. The molecule has 0 aliphatic heterocycles. The summed E-state index contributed by atoms with van der Waals surface area (Å²) in [6, 6.07) is 0. The van der Waals surface area contributed by atoms with E-state index in [0.717, 1.165) is 0 Å². The molecule has 0 spiro atoms. The molecule has 0 amide bonds. The van der Waals surface area contributed by atoms with Gasteiger partial charge in [0.2, 0.25) is 0 Å². The van der Waals surface area contributed by atoms with Crippen molar-refractivity contribution in [2.24, 2.45) is 5.92 Å². The zero-order chi connectivity index (χ0) is 8.10. The monoisotopic (exact) mass is 176 g/mol. The summed E-state index contributed by atoms with van der Waals surface area (Å²) >= 11 is 5.59. The van der Waals surface area contributed by atoms with Crippen LogP contribution >= 0.6 is 11.6 Å². The molecular formula is C9H17ClO. The van der Waals surface area contributed by atoms with Crippen molar-refractivity contribution in [2.75, 3.05) is 5.88 Å². The summed E-state index contributed by atoms with van der Waals surface area (Å²) in [5.41, 5.74) is 0. The molecule has 1 N–H and O–H groups in total. The van der Waals surface area contributed by atoms with Gasteiger partial charge < -0.3 is 5.11 Å². The maximum atomic E-state index is 9.48. The number of aliphatic hydroxyl groups excluding tert-OH is 1. The van der Waals surface area contributed by atoms with Crippen molar-refractivity contribution in [3.63, 3.8) is 0 Å². The standard InChI is InChI=1S/C9H17ClO/c10-7-9(11)8-5-3-1-2-4-6-8/h8-9,11H,1-7H2. The fraction of sp³-hybridized carbons (Fsp3) is 1.00. The number of hydrogen-bond donors (Lipinski definition) is 1. The molecule has 0 aromatic carbocycles. The van der Waals surface area contributed by atoms with Crippen LogP contribution < -0.4 is 0 Å². The lowest BCUT2D eigenvalue weighted by molar-refractivity contribution is 0.119. The molecule has 1 saturated carbocycles. The van der Waals surface area contributed by atoms with E-state index in [-0.39, 0.29) is 6.10 Å². The summed E-state index contributed by atoms with van der Waals surface area (Å²) in [5, 5.41) is 9.48. The molecule has 0 aromatic rings. The van der Waals surface area contributed by atoms with Crippen LogP contribution in [-0.2, 0) is 0 Å². The third-order valence-electron chi connectivity index (χ3n) is 2.60. The number of rotatable bonds is 2. The maximum absolute atomic E-state index is 9.48. The van der Waals surface area contributed by atoms with Gasteiger partial charge in [-0.3, -0.25) is 0 Å². The van der Waals surface area contributed by atoms with Crippen LogP contribution in [0.25, 0.3) is 0 Å². The van der Waals surface area contributed by atoms with Crippen molar-refractivity contribution in [1.29, 1.82) is 0 Å². The zero-order valence-corrected chi connectivity index (χ0v) is 7.69. The highest BCUT2D eigenvalue weighted by Gasteiger charge is 2.19. The highest BCUT2D eigenvalue weighted by molar-refractivity contribution is 6.18. The Morgan fingerprint density at radius 3 is 2.18 bits per heavy atom. The van der Waals surface area contributed by atoms with E-state index in [0.29, 0.717) is 11.8 Å². The summed E-state index contributed by atoms with van der Waals surface area (Å²) in [5.74, 6) is 0.889. The topological polar surface area (TPSA) is 20.2 Å². The molecule has 1 nitrogen and oxygen atoms in total. The Labute approximate surface area is 73.8 Å². The average Bonchev–Trinajstić information content (AvgIpc) is 2.30. The molecule has 0 radical (unpaired) electrons. The summed E-state index contributed by atoms with van der Waals surface area (Å²) in [6.45, 7) is 0. The second-order valence-corrected chi connectivity index (χ2v) is 3.78. The molecule has 0 heterocycles. The van der Waals surface area contributed by atoms with Crippen molar-refractivity contribution in [3.05, 3.63) is 0 Å². The first-order valence-corrected chi connectivity index (χ1v) is 5.12. The predicted octanol–water partition coefficient (Wildman–Crippen LogP) is 2.56. The molecule has 0 aromatic heterocycles. The molecular weight excluding hydrogens is 160 g/mol. The third-order valence-corrected chi connectivity index (χ3v) is 2.92. The summed E-state index contributed by atoms with van der Waals surface area (Å²) < 4.78 is 0. The lowest BCUT2D eigenvalue weighted by Gasteiger charge is -2.18. The van der Waals surface area contributed by atoms with Crippen molar-refractivity contribution < 1.29 is 5.11 Å². The predicted molar refractivity (Wildman–Crippen MR) is 47.9 cm³/mol. The smallest absolute Gasteiger partial charge is 0.0703 e. The van der Waals surface area contributed by atoms with Gasteiger partial charge in [-0.05, 0) is 18.8 Å². The van der Waals surface area contributed by atoms with Gasteiger partial charge in [-0.2, -0.15) is 0 Å². The highest BCUT2D eigenvalue weighted by Crippen LogP contribution is 2.25. The Bertz CT molecular complexity index is 97.7. The third kappa shape index (κ3) is 3.00. The van der Waals surface area contributed by atoms with E-state index in [1.165, 1.54) is 38.5 Å². The normalized spacial score (nSPS) is 24.5. The molecule has 2 heteroatoms. The van der Waals surface area contributed by atoms with Crippen LogP contribution in [-0.4, -0.2) is 17.1 Å². The molecule has 0 saturated heterocycles. The van der Waals surface area contributed by atoms with Crippen LogP contribution in [0.15, 0.2) is 0 Å². The molecule has 11 heavy (non-hydrogen) atoms. The van der Waals surface area contributed by atoms with Gasteiger partial charge in [0.1, 0.15) is 0 Å². The van der Waals surface area contributed by atoms with Gasteiger partial charge in [-0.1, -0.05) is 25.7 Å². The van der Waals surface area contributed by atoms with Gasteiger partial charge in [0, 0.05) is 5.88 Å². The van der Waals surface area contributed by atoms with Gasteiger partial charge in [0.25, 0.3) is 0 Å². The van der Waals surface area contributed by atoms with E-state index >= 15 is 0 Å². The average molecular weight is 177 g/mol. The lowest BCUT2D eigenvalue weighted by Crippen LogP contribution is -2.21. The van der Waals surface area contributed by atoms with Gasteiger partial charge in [0.15, 0.2) is 0 Å². The van der Waals surface area contributed by atoms with Crippen LogP contribution in [0.2, 0.25) is 0 Å². The number of aliphatic hydroxyl groups is 1. The number of hydrogen-bond acceptors (Lipinski definition) is 1. The van der Waals surface area contributed by atoms with Gasteiger partial charge in [-0.15, -0.1) is 11.6 Å². The lowest BCUT2D eigenvalue weighted by atomic mass is 9.95. The molecule has 0 bridgehead atoms. The maximum Gasteiger partial charge on any atom is 0.0703 e. The van der Waals surface area contributed by atoms with E-state index in [1.54, 1.807) is 0 Å². The fourth-order valence-corrected chi connectivity index (χ4v) is 2.07. The van der Waals surface area contributed by atoms with Gasteiger partial charge in [0.05, 0.1) is 6.10 Å².